The van der Waals surface area contributed by atoms with Crippen molar-refractivity contribution in [1.29, 1.82) is 0 Å². The topological polar surface area (TPSA) is 46.3 Å². The first-order valence-electron chi connectivity index (χ1n) is 5.49. The summed E-state index contributed by atoms with van der Waals surface area (Å²) in [7, 11) is 0. The first-order valence-corrected chi connectivity index (χ1v) is 7.36. The van der Waals surface area contributed by atoms with Gasteiger partial charge in [-0.2, -0.15) is 0 Å². The first kappa shape index (κ1) is 13.3. The zero-order valence-electron chi connectivity index (χ0n) is 9.49. The summed E-state index contributed by atoms with van der Waals surface area (Å²) in [6.45, 7) is 3.48. The second-order valence-electron chi connectivity index (χ2n) is 4.48. The highest BCUT2D eigenvalue weighted by atomic mass is 127. The van der Waals surface area contributed by atoms with Crippen LogP contribution in [-0.2, 0) is 0 Å². The van der Waals surface area contributed by atoms with Gasteiger partial charge in [0.05, 0.1) is 5.56 Å². The van der Waals surface area contributed by atoms with Crippen molar-refractivity contribution >= 4 is 44.4 Å². The van der Waals surface area contributed by atoms with E-state index in [-0.39, 0.29) is 11.9 Å². The minimum atomic E-state index is 0.0650. The van der Waals surface area contributed by atoms with Crippen molar-refractivity contribution in [3.63, 3.8) is 0 Å². The summed E-state index contributed by atoms with van der Waals surface area (Å²) in [4.78, 5) is 14.2. The van der Waals surface area contributed by atoms with E-state index in [1.54, 1.807) is 0 Å². The van der Waals surface area contributed by atoms with Crippen LogP contribution in [0.5, 0.6) is 0 Å². The summed E-state index contributed by atoms with van der Waals surface area (Å²) in [6, 6.07) is 5.89. The largest absolute Gasteiger partial charge is 0.337 e. The molecule has 1 aromatic carbocycles. The number of nitrogens with zero attached hydrogens (tertiary/aromatic N) is 1. The lowest BCUT2D eigenvalue weighted by Crippen LogP contribution is -2.32. The van der Waals surface area contributed by atoms with Gasteiger partial charge in [0.15, 0.2) is 0 Å². The Morgan fingerprint density at radius 1 is 1.53 bits per heavy atom. The van der Waals surface area contributed by atoms with Crippen LogP contribution < -0.4 is 5.73 Å². The molecule has 1 aliphatic heterocycles. The van der Waals surface area contributed by atoms with Crippen LogP contribution in [0.1, 0.15) is 17.3 Å². The molecule has 0 bridgehead atoms. The lowest BCUT2D eigenvalue weighted by atomic mass is 10.1. The van der Waals surface area contributed by atoms with Crippen LogP contribution in [0.3, 0.4) is 0 Å². The highest BCUT2D eigenvalue weighted by molar-refractivity contribution is 14.1. The predicted octanol–water partition coefficient (Wildman–Crippen LogP) is 2.47. The Bertz CT molecular complexity index is 442. The highest BCUT2D eigenvalue weighted by Gasteiger charge is 2.31. The van der Waals surface area contributed by atoms with E-state index in [9.17, 15) is 4.79 Å². The van der Waals surface area contributed by atoms with E-state index >= 15 is 0 Å². The number of rotatable bonds is 1. The number of nitrogens with two attached hydrogens (primary N) is 1. The molecular weight excluding hydrogens is 395 g/mol. The Morgan fingerprint density at radius 2 is 2.24 bits per heavy atom. The molecule has 3 nitrogen and oxygen atoms in total. The third-order valence-corrected chi connectivity index (χ3v) is 4.48. The number of benzene rings is 1. The summed E-state index contributed by atoms with van der Waals surface area (Å²) < 4.78 is 1.90. The number of halogens is 2. The second-order valence-corrected chi connectivity index (χ2v) is 6.58. The maximum atomic E-state index is 12.3. The Morgan fingerprint density at radius 3 is 2.82 bits per heavy atom. The van der Waals surface area contributed by atoms with Gasteiger partial charge in [-0.3, -0.25) is 4.79 Å². The van der Waals surface area contributed by atoms with Crippen molar-refractivity contribution < 1.29 is 4.79 Å². The molecule has 2 rings (SSSR count). The first-order chi connectivity index (χ1) is 7.99. The maximum Gasteiger partial charge on any atom is 0.255 e. The van der Waals surface area contributed by atoms with E-state index in [1.165, 1.54) is 0 Å². The minimum Gasteiger partial charge on any atom is -0.337 e. The lowest BCUT2D eigenvalue weighted by molar-refractivity contribution is 0.0786. The van der Waals surface area contributed by atoms with Gasteiger partial charge in [-0.25, -0.2) is 0 Å². The Kier molecular flexibility index (Phi) is 4.10. The van der Waals surface area contributed by atoms with Crippen LogP contribution in [0.2, 0.25) is 0 Å². The van der Waals surface area contributed by atoms with Gasteiger partial charge in [0, 0.05) is 27.2 Å². The molecule has 2 unspecified atom stereocenters. The van der Waals surface area contributed by atoms with Crippen molar-refractivity contribution in [3.8, 4) is 0 Å². The van der Waals surface area contributed by atoms with Gasteiger partial charge in [0.25, 0.3) is 5.91 Å². The zero-order valence-corrected chi connectivity index (χ0v) is 13.2. The fraction of sp³-hybridized carbons (Fsp3) is 0.417. The third-order valence-electron chi connectivity index (χ3n) is 3.12. The fourth-order valence-electron chi connectivity index (χ4n) is 1.99. The molecule has 2 atom stereocenters. The van der Waals surface area contributed by atoms with Crippen LogP contribution in [-0.4, -0.2) is 29.9 Å². The minimum absolute atomic E-state index is 0.0650. The van der Waals surface area contributed by atoms with Gasteiger partial charge in [0.2, 0.25) is 0 Å². The van der Waals surface area contributed by atoms with Crippen molar-refractivity contribution in [1.82, 2.24) is 4.90 Å². The molecule has 0 radical (unpaired) electrons. The molecule has 1 aliphatic rings. The molecule has 17 heavy (non-hydrogen) atoms. The van der Waals surface area contributed by atoms with Gasteiger partial charge >= 0.3 is 0 Å². The molecule has 0 spiro atoms. The molecule has 0 saturated carbocycles. The van der Waals surface area contributed by atoms with Gasteiger partial charge in [-0.1, -0.05) is 6.92 Å². The number of amides is 1. The molecule has 0 aliphatic carbocycles. The van der Waals surface area contributed by atoms with E-state index in [2.05, 4.69) is 45.4 Å². The standard InChI is InChI=1S/C12H14BrIN2O/c1-7-5-16(6-11(7)15)12(17)9-4-8(14)2-3-10(9)13/h2-4,7,11H,5-6,15H2,1H3. The van der Waals surface area contributed by atoms with Gasteiger partial charge in [-0.15, -0.1) is 0 Å². The average molecular weight is 409 g/mol. The number of hydrogen-bond acceptors (Lipinski definition) is 2. The van der Waals surface area contributed by atoms with E-state index in [1.807, 2.05) is 23.1 Å². The highest BCUT2D eigenvalue weighted by Crippen LogP contribution is 2.24. The van der Waals surface area contributed by atoms with Crippen molar-refractivity contribution in [2.45, 2.75) is 13.0 Å². The number of carbonyl (C=O) groups excluding carboxylic acids is 1. The van der Waals surface area contributed by atoms with E-state index in [0.29, 0.717) is 12.5 Å². The molecule has 1 fully saturated rings. The van der Waals surface area contributed by atoms with Crippen LogP contribution in [0.15, 0.2) is 22.7 Å². The van der Waals surface area contributed by atoms with Crippen molar-refractivity contribution in [2.75, 3.05) is 13.1 Å². The fourth-order valence-corrected chi connectivity index (χ4v) is 2.90. The van der Waals surface area contributed by atoms with Crippen LogP contribution in [0, 0.1) is 9.49 Å². The van der Waals surface area contributed by atoms with Gasteiger partial charge in [-0.05, 0) is 62.6 Å². The predicted molar refractivity (Wildman–Crippen MR) is 79.9 cm³/mol. The molecule has 1 amide bonds. The number of likely N-dealkylation sites (tertiary alicyclic amines) is 1. The molecule has 1 saturated heterocycles. The van der Waals surface area contributed by atoms with E-state index in [0.717, 1.165) is 20.2 Å². The molecule has 2 N–H and O–H groups in total. The van der Waals surface area contributed by atoms with E-state index < -0.39 is 0 Å². The smallest absolute Gasteiger partial charge is 0.255 e. The quantitative estimate of drug-likeness (QED) is 0.725. The summed E-state index contributed by atoms with van der Waals surface area (Å²) >= 11 is 5.64. The van der Waals surface area contributed by atoms with E-state index in [4.69, 9.17) is 5.73 Å². The normalized spacial score (nSPS) is 24.1. The van der Waals surface area contributed by atoms with Crippen LogP contribution in [0.25, 0.3) is 0 Å². The molecule has 92 valence electrons. The molecule has 1 heterocycles. The number of hydrogen-bond donors (Lipinski definition) is 1. The van der Waals surface area contributed by atoms with Crippen molar-refractivity contribution in [3.05, 3.63) is 31.8 Å². The Balaban J connectivity index is 2.23. The summed E-state index contributed by atoms with van der Waals surface area (Å²) in [5, 5.41) is 0. The molecular formula is C12H14BrIN2O. The van der Waals surface area contributed by atoms with Crippen LogP contribution in [0.4, 0.5) is 0 Å². The SMILES string of the molecule is CC1CN(C(=O)c2cc(I)ccc2Br)CC1N. The van der Waals surface area contributed by atoms with Crippen LogP contribution >= 0.6 is 38.5 Å². The maximum absolute atomic E-state index is 12.3. The monoisotopic (exact) mass is 408 g/mol. The summed E-state index contributed by atoms with van der Waals surface area (Å²) in [5.41, 5.74) is 6.67. The molecule has 1 aromatic rings. The average Bonchev–Trinajstić information content (AvgIpc) is 2.62. The summed E-state index contributed by atoms with van der Waals surface area (Å²) in [5.74, 6) is 0.440. The number of carbonyl (C=O) groups is 1. The lowest BCUT2D eigenvalue weighted by Gasteiger charge is -2.17. The second kappa shape index (κ2) is 5.24. The molecule has 5 heteroatoms. The zero-order chi connectivity index (χ0) is 12.6. The Hall–Kier alpha value is -0.140. The Labute approximate surface area is 123 Å². The van der Waals surface area contributed by atoms with Gasteiger partial charge in [0.1, 0.15) is 0 Å². The molecule has 0 aromatic heterocycles. The van der Waals surface area contributed by atoms with Gasteiger partial charge < -0.3 is 10.6 Å². The summed E-state index contributed by atoms with van der Waals surface area (Å²) in [6.07, 6.45) is 0. The third kappa shape index (κ3) is 2.82. The van der Waals surface area contributed by atoms with Crippen molar-refractivity contribution in [2.24, 2.45) is 11.7 Å².